The molecule has 0 fully saturated rings. The molecule has 0 heterocycles. The van der Waals surface area contributed by atoms with Crippen LogP contribution in [-0.2, 0) is 0 Å². The lowest BCUT2D eigenvalue weighted by atomic mass is 9.73. The van der Waals surface area contributed by atoms with E-state index >= 15 is 0 Å². The van der Waals surface area contributed by atoms with Crippen molar-refractivity contribution in [2.75, 3.05) is 0 Å². The van der Waals surface area contributed by atoms with Crippen LogP contribution in [0.4, 0.5) is 0 Å². The molecule has 0 N–H and O–H groups in total. The molecule has 11 heavy (non-hydrogen) atoms. The largest absolute Gasteiger partial charge is 0.0847 e. The van der Waals surface area contributed by atoms with Crippen molar-refractivity contribution in [2.24, 2.45) is 11.8 Å². The second-order valence-corrected chi connectivity index (χ2v) is 3.75. The Bertz CT molecular complexity index is 144. The highest BCUT2D eigenvalue weighted by Crippen LogP contribution is 2.37. The fourth-order valence-corrected chi connectivity index (χ4v) is 2.11. The fourth-order valence-electron chi connectivity index (χ4n) is 2.11. The van der Waals surface area contributed by atoms with Gasteiger partial charge in [0.25, 0.3) is 0 Å². The van der Waals surface area contributed by atoms with Crippen molar-refractivity contribution >= 4 is 0 Å². The number of allylic oxidation sites excluding steroid dienone is 2. The van der Waals surface area contributed by atoms with E-state index in [-0.39, 0.29) is 0 Å². The lowest BCUT2D eigenvalue weighted by Crippen LogP contribution is -2.20. The molecule has 0 aromatic carbocycles. The first-order valence-corrected chi connectivity index (χ1v) is 4.96. The van der Waals surface area contributed by atoms with Gasteiger partial charge in [-0.1, -0.05) is 44.8 Å². The summed E-state index contributed by atoms with van der Waals surface area (Å²) in [6, 6.07) is 0. The molecule has 0 nitrogen and oxygen atoms in total. The Morgan fingerprint density at radius 1 is 1.55 bits per heavy atom. The molecule has 0 aliphatic heterocycles. The van der Waals surface area contributed by atoms with Gasteiger partial charge in [0.15, 0.2) is 0 Å². The normalized spacial score (nSPS) is 25.7. The number of hydrogen-bond donors (Lipinski definition) is 0. The van der Waals surface area contributed by atoms with Gasteiger partial charge in [-0.15, -0.1) is 0 Å². The van der Waals surface area contributed by atoms with Gasteiger partial charge in [0, 0.05) is 0 Å². The topological polar surface area (TPSA) is 0 Å². The highest BCUT2D eigenvalue weighted by atomic mass is 14.3. The Morgan fingerprint density at radius 2 is 2.27 bits per heavy atom. The fraction of sp³-hybridized carbons (Fsp3) is 0.818. The molecule has 64 valence electrons. The van der Waals surface area contributed by atoms with Crippen molar-refractivity contribution in [3.63, 3.8) is 0 Å². The predicted octanol–water partition coefficient (Wildman–Crippen LogP) is 3.78. The Balaban J connectivity index is 2.37. The van der Waals surface area contributed by atoms with Crippen LogP contribution in [0.1, 0.15) is 46.5 Å². The van der Waals surface area contributed by atoms with E-state index in [4.69, 9.17) is 0 Å². The Labute approximate surface area is 70.7 Å². The number of rotatable bonds is 4. The Morgan fingerprint density at radius 3 is 2.55 bits per heavy atom. The monoisotopic (exact) mass is 152 g/mol. The smallest absolute Gasteiger partial charge is 0.0143 e. The van der Waals surface area contributed by atoms with Crippen LogP contribution in [0.3, 0.4) is 0 Å². The molecular weight excluding hydrogens is 132 g/mol. The molecule has 2 unspecified atom stereocenters. The summed E-state index contributed by atoms with van der Waals surface area (Å²) in [6.07, 6.45) is 7.87. The van der Waals surface area contributed by atoms with Gasteiger partial charge in [-0.05, 0) is 25.2 Å². The third-order valence-corrected chi connectivity index (χ3v) is 3.03. The van der Waals surface area contributed by atoms with Gasteiger partial charge >= 0.3 is 0 Å². The highest BCUT2D eigenvalue weighted by molar-refractivity contribution is 5.16. The molecule has 0 aromatic rings. The van der Waals surface area contributed by atoms with Crippen LogP contribution < -0.4 is 0 Å². The molecule has 1 rings (SSSR count). The summed E-state index contributed by atoms with van der Waals surface area (Å²) >= 11 is 0. The summed E-state index contributed by atoms with van der Waals surface area (Å²) in [7, 11) is 0. The maximum atomic E-state index is 2.38. The minimum absolute atomic E-state index is 0.944. The molecule has 0 saturated heterocycles. The molecule has 0 heteroatoms. The molecule has 1 aliphatic rings. The van der Waals surface area contributed by atoms with E-state index in [1.54, 1.807) is 5.57 Å². The SMILES string of the molecule is CCCC(CC)C1CC=C1C. The maximum absolute atomic E-state index is 2.38. The lowest BCUT2D eigenvalue weighted by Gasteiger charge is -2.32. The predicted molar refractivity (Wildman–Crippen MR) is 50.6 cm³/mol. The molecule has 0 bridgehead atoms. The lowest BCUT2D eigenvalue weighted by molar-refractivity contribution is 0.318. The van der Waals surface area contributed by atoms with E-state index in [0.717, 1.165) is 11.8 Å². The van der Waals surface area contributed by atoms with Crippen LogP contribution in [0.25, 0.3) is 0 Å². The van der Waals surface area contributed by atoms with Crippen molar-refractivity contribution < 1.29 is 0 Å². The zero-order valence-electron chi connectivity index (χ0n) is 8.06. The van der Waals surface area contributed by atoms with Gasteiger partial charge in [0.05, 0.1) is 0 Å². The molecular formula is C11H20. The van der Waals surface area contributed by atoms with Crippen molar-refractivity contribution in [3.05, 3.63) is 11.6 Å². The van der Waals surface area contributed by atoms with Crippen LogP contribution in [0.15, 0.2) is 11.6 Å². The first-order chi connectivity index (χ1) is 5.29. The molecule has 0 spiro atoms. The zero-order valence-corrected chi connectivity index (χ0v) is 8.06. The van der Waals surface area contributed by atoms with Crippen LogP contribution in [0, 0.1) is 11.8 Å². The van der Waals surface area contributed by atoms with Gasteiger partial charge in [-0.2, -0.15) is 0 Å². The van der Waals surface area contributed by atoms with E-state index in [0.29, 0.717) is 0 Å². The average Bonchev–Trinajstić information content (AvgIpc) is 2.01. The third-order valence-electron chi connectivity index (χ3n) is 3.03. The first-order valence-electron chi connectivity index (χ1n) is 4.96. The average molecular weight is 152 g/mol. The van der Waals surface area contributed by atoms with Gasteiger partial charge < -0.3 is 0 Å². The Kier molecular flexibility index (Phi) is 3.16. The number of hydrogen-bond acceptors (Lipinski definition) is 0. The quantitative estimate of drug-likeness (QED) is 0.538. The molecule has 2 atom stereocenters. The van der Waals surface area contributed by atoms with E-state index in [2.05, 4.69) is 26.8 Å². The van der Waals surface area contributed by atoms with E-state index in [1.165, 1.54) is 25.7 Å². The van der Waals surface area contributed by atoms with Crippen molar-refractivity contribution in [1.82, 2.24) is 0 Å². The van der Waals surface area contributed by atoms with Gasteiger partial charge in [0.1, 0.15) is 0 Å². The summed E-state index contributed by atoms with van der Waals surface area (Å²) in [5.41, 5.74) is 1.64. The van der Waals surface area contributed by atoms with E-state index in [9.17, 15) is 0 Å². The van der Waals surface area contributed by atoms with Crippen molar-refractivity contribution in [3.8, 4) is 0 Å². The summed E-state index contributed by atoms with van der Waals surface area (Å²) in [4.78, 5) is 0. The van der Waals surface area contributed by atoms with Gasteiger partial charge in [-0.3, -0.25) is 0 Å². The first kappa shape index (κ1) is 8.83. The zero-order chi connectivity index (χ0) is 8.27. The summed E-state index contributed by atoms with van der Waals surface area (Å²) in [5.74, 6) is 1.92. The van der Waals surface area contributed by atoms with Crippen LogP contribution in [0.5, 0.6) is 0 Å². The van der Waals surface area contributed by atoms with Crippen molar-refractivity contribution in [1.29, 1.82) is 0 Å². The molecule has 0 radical (unpaired) electrons. The minimum atomic E-state index is 0.944. The summed E-state index contributed by atoms with van der Waals surface area (Å²) in [5, 5.41) is 0. The van der Waals surface area contributed by atoms with Gasteiger partial charge in [0.2, 0.25) is 0 Å². The standard InChI is InChI=1S/C11H20/c1-4-6-10(5-2)11-8-7-9(11)3/h7,10-11H,4-6,8H2,1-3H3. The minimum Gasteiger partial charge on any atom is -0.0847 e. The van der Waals surface area contributed by atoms with Crippen LogP contribution in [0.2, 0.25) is 0 Å². The van der Waals surface area contributed by atoms with Crippen molar-refractivity contribution in [2.45, 2.75) is 46.5 Å². The van der Waals surface area contributed by atoms with Gasteiger partial charge in [-0.25, -0.2) is 0 Å². The van der Waals surface area contributed by atoms with E-state index < -0.39 is 0 Å². The van der Waals surface area contributed by atoms with Crippen LogP contribution in [-0.4, -0.2) is 0 Å². The molecule has 1 aliphatic carbocycles. The Hall–Kier alpha value is -0.260. The van der Waals surface area contributed by atoms with E-state index in [1.807, 2.05) is 0 Å². The third kappa shape index (κ3) is 1.85. The molecule has 0 aromatic heterocycles. The molecule has 0 amide bonds. The maximum Gasteiger partial charge on any atom is -0.0143 e. The highest BCUT2D eigenvalue weighted by Gasteiger charge is 2.24. The van der Waals surface area contributed by atoms with Crippen LogP contribution >= 0.6 is 0 Å². The summed E-state index contributed by atoms with van der Waals surface area (Å²) < 4.78 is 0. The molecule has 0 saturated carbocycles. The summed E-state index contributed by atoms with van der Waals surface area (Å²) in [6.45, 7) is 6.90. The second-order valence-electron chi connectivity index (χ2n) is 3.75. The second kappa shape index (κ2) is 3.94.